The minimum Gasteiger partial charge on any atom is -0.497 e. The lowest BCUT2D eigenvalue weighted by Crippen LogP contribution is -2.29. The number of methoxy groups -OCH3 is 2. The predicted octanol–water partition coefficient (Wildman–Crippen LogP) is 2.78. The maximum Gasteiger partial charge on any atom is 0.238 e. The first-order valence-corrected chi connectivity index (χ1v) is 7.90. The first kappa shape index (κ1) is 17.8. The van der Waals surface area contributed by atoms with Gasteiger partial charge in [-0.1, -0.05) is 18.2 Å². The summed E-state index contributed by atoms with van der Waals surface area (Å²) in [7, 11) is 3.24. The number of benzene rings is 2. The van der Waals surface area contributed by atoms with Gasteiger partial charge in [-0.2, -0.15) is 0 Å². The molecule has 5 nitrogen and oxygen atoms in total. The van der Waals surface area contributed by atoms with Gasteiger partial charge in [-0.3, -0.25) is 4.79 Å². The number of hydrogen-bond acceptors (Lipinski definition) is 4. The maximum absolute atomic E-state index is 12.0. The Labute approximate surface area is 143 Å². The number of carbonyl (C=O) groups excluding carboxylic acids is 1. The van der Waals surface area contributed by atoms with Crippen LogP contribution in [0.2, 0.25) is 0 Å². The molecule has 0 heterocycles. The smallest absolute Gasteiger partial charge is 0.238 e. The van der Waals surface area contributed by atoms with Gasteiger partial charge in [0.25, 0.3) is 0 Å². The van der Waals surface area contributed by atoms with Crippen LogP contribution in [-0.2, 0) is 11.2 Å². The van der Waals surface area contributed by atoms with Gasteiger partial charge in [-0.05, 0) is 55.3 Å². The lowest BCUT2D eigenvalue weighted by atomic mass is 10.1. The Morgan fingerprint density at radius 2 is 1.79 bits per heavy atom. The van der Waals surface area contributed by atoms with E-state index >= 15 is 0 Å². The summed E-state index contributed by atoms with van der Waals surface area (Å²) in [6.45, 7) is 2.96. The lowest BCUT2D eigenvalue weighted by Gasteiger charge is -2.11. The van der Waals surface area contributed by atoms with E-state index in [1.54, 1.807) is 14.2 Å². The summed E-state index contributed by atoms with van der Waals surface area (Å²) in [4.78, 5) is 12.0. The van der Waals surface area contributed by atoms with E-state index in [0.717, 1.165) is 24.3 Å². The monoisotopic (exact) mass is 328 g/mol. The van der Waals surface area contributed by atoms with E-state index in [1.807, 2.05) is 49.4 Å². The molecule has 1 amide bonds. The van der Waals surface area contributed by atoms with Gasteiger partial charge in [0.2, 0.25) is 5.91 Å². The molecule has 0 radical (unpaired) electrons. The van der Waals surface area contributed by atoms with E-state index in [0.29, 0.717) is 11.4 Å². The second-order valence-corrected chi connectivity index (χ2v) is 5.53. The Kier molecular flexibility index (Phi) is 6.63. The lowest BCUT2D eigenvalue weighted by molar-refractivity contribution is -0.115. The van der Waals surface area contributed by atoms with Crippen LogP contribution < -0.4 is 20.1 Å². The van der Waals surface area contributed by atoms with E-state index in [4.69, 9.17) is 9.47 Å². The van der Waals surface area contributed by atoms with Crippen LogP contribution in [-0.4, -0.2) is 33.2 Å². The number of rotatable bonds is 8. The minimum atomic E-state index is -0.0892. The Morgan fingerprint density at radius 3 is 2.46 bits per heavy atom. The molecule has 24 heavy (non-hydrogen) atoms. The van der Waals surface area contributed by atoms with Gasteiger partial charge in [-0.25, -0.2) is 0 Å². The molecule has 0 unspecified atom stereocenters. The van der Waals surface area contributed by atoms with Crippen LogP contribution in [0.1, 0.15) is 11.1 Å². The van der Waals surface area contributed by atoms with Crippen molar-refractivity contribution >= 4 is 11.6 Å². The Morgan fingerprint density at radius 1 is 1.04 bits per heavy atom. The number of anilines is 1. The average Bonchev–Trinajstić information content (AvgIpc) is 2.59. The van der Waals surface area contributed by atoms with Crippen LogP contribution >= 0.6 is 0 Å². The number of ether oxygens (including phenoxy) is 2. The van der Waals surface area contributed by atoms with Crippen molar-refractivity contribution in [2.45, 2.75) is 13.3 Å². The van der Waals surface area contributed by atoms with E-state index in [-0.39, 0.29) is 12.5 Å². The van der Waals surface area contributed by atoms with Crippen LogP contribution in [0.5, 0.6) is 11.5 Å². The molecule has 0 aliphatic rings. The highest BCUT2D eigenvalue weighted by atomic mass is 16.5. The van der Waals surface area contributed by atoms with E-state index < -0.39 is 0 Å². The van der Waals surface area contributed by atoms with Gasteiger partial charge in [0.1, 0.15) is 11.5 Å². The van der Waals surface area contributed by atoms with Crippen molar-refractivity contribution < 1.29 is 14.3 Å². The third-order valence-corrected chi connectivity index (χ3v) is 3.66. The largest absolute Gasteiger partial charge is 0.497 e. The molecular formula is C19H24N2O3. The van der Waals surface area contributed by atoms with E-state index in [1.165, 1.54) is 5.56 Å². The predicted molar refractivity (Wildman–Crippen MR) is 95.9 cm³/mol. The summed E-state index contributed by atoms with van der Waals surface area (Å²) in [5.41, 5.74) is 2.96. The normalized spacial score (nSPS) is 10.3. The molecule has 2 N–H and O–H groups in total. The fourth-order valence-corrected chi connectivity index (χ4v) is 2.34. The van der Waals surface area contributed by atoms with Gasteiger partial charge in [0, 0.05) is 0 Å². The number of amides is 1. The zero-order valence-electron chi connectivity index (χ0n) is 14.4. The molecule has 0 saturated heterocycles. The third kappa shape index (κ3) is 5.28. The molecule has 2 aromatic rings. The molecule has 0 aromatic heterocycles. The SMILES string of the molecule is COc1ccc(CCNCC(=O)Nc2cc(C)ccc2OC)cc1. The molecule has 0 spiro atoms. The van der Waals surface area contributed by atoms with E-state index in [9.17, 15) is 4.79 Å². The van der Waals surface area contributed by atoms with E-state index in [2.05, 4.69) is 10.6 Å². The molecule has 0 aliphatic carbocycles. The quantitative estimate of drug-likeness (QED) is 0.732. The summed E-state index contributed by atoms with van der Waals surface area (Å²) in [5, 5.41) is 6.02. The molecule has 0 fully saturated rings. The summed E-state index contributed by atoms with van der Waals surface area (Å²) >= 11 is 0. The number of nitrogens with one attached hydrogen (secondary N) is 2. The average molecular weight is 328 g/mol. The van der Waals surface area contributed by atoms with Crippen LogP contribution in [0.15, 0.2) is 42.5 Å². The molecule has 0 aliphatic heterocycles. The second kappa shape index (κ2) is 8.93. The van der Waals surface area contributed by atoms with Crippen molar-refractivity contribution in [2.75, 3.05) is 32.6 Å². The molecule has 0 saturated carbocycles. The van der Waals surface area contributed by atoms with Crippen LogP contribution in [0.3, 0.4) is 0 Å². The van der Waals surface area contributed by atoms with Crippen molar-refractivity contribution in [3.05, 3.63) is 53.6 Å². The Balaban J connectivity index is 1.76. The number of hydrogen-bond donors (Lipinski definition) is 2. The number of carbonyl (C=O) groups is 1. The fraction of sp³-hybridized carbons (Fsp3) is 0.316. The van der Waals surface area contributed by atoms with Crippen LogP contribution in [0.4, 0.5) is 5.69 Å². The first-order valence-electron chi connectivity index (χ1n) is 7.90. The Bertz CT molecular complexity index is 669. The summed E-state index contributed by atoms with van der Waals surface area (Å²) < 4.78 is 10.4. The van der Waals surface area contributed by atoms with Gasteiger partial charge in [0.05, 0.1) is 26.5 Å². The highest BCUT2D eigenvalue weighted by Crippen LogP contribution is 2.24. The molecule has 128 valence electrons. The highest BCUT2D eigenvalue weighted by Gasteiger charge is 2.07. The molecule has 5 heteroatoms. The summed E-state index contributed by atoms with van der Waals surface area (Å²) in [5.74, 6) is 1.42. The minimum absolute atomic E-state index is 0.0892. The zero-order chi connectivity index (χ0) is 17.4. The molecule has 2 aromatic carbocycles. The van der Waals surface area contributed by atoms with Gasteiger partial charge in [0.15, 0.2) is 0 Å². The summed E-state index contributed by atoms with van der Waals surface area (Å²) in [6, 6.07) is 13.6. The molecular weight excluding hydrogens is 304 g/mol. The van der Waals surface area contributed by atoms with Gasteiger partial charge < -0.3 is 20.1 Å². The topological polar surface area (TPSA) is 59.6 Å². The van der Waals surface area contributed by atoms with Crippen molar-refractivity contribution in [1.29, 1.82) is 0 Å². The van der Waals surface area contributed by atoms with Crippen LogP contribution in [0.25, 0.3) is 0 Å². The number of aryl methyl sites for hydroxylation is 1. The molecule has 0 bridgehead atoms. The Hall–Kier alpha value is -2.53. The summed E-state index contributed by atoms with van der Waals surface area (Å²) in [6.07, 6.45) is 0.852. The van der Waals surface area contributed by atoms with Crippen molar-refractivity contribution in [2.24, 2.45) is 0 Å². The van der Waals surface area contributed by atoms with Crippen LogP contribution in [0, 0.1) is 6.92 Å². The molecule has 2 rings (SSSR count). The first-order chi connectivity index (χ1) is 11.6. The van der Waals surface area contributed by atoms with Gasteiger partial charge >= 0.3 is 0 Å². The fourth-order valence-electron chi connectivity index (χ4n) is 2.34. The van der Waals surface area contributed by atoms with Crippen molar-refractivity contribution in [1.82, 2.24) is 5.32 Å². The van der Waals surface area contributed by atoms with Crippen molar-refractivity contribution in [3.8, 4) is 11.5 Å². The third-order valence-electron chi connectivity index (χ3n) is 3.66. The zero-order valence-corrected chi connectivity index (χ0v) is 14.4. The maximum atomic E-state index is 12.0. The highest BCUT2D eigenvalue weighted by molar-refractivity contribution is 5.93. The second-order valence-electron chi connectivity index (χ2n) is 5.53. The molecule has 0 atom stereocenters. The van der Waals surface area contributed by atoms with Crippen molar-refractivity contribution in [3.63, 3.8) is 0 Å². The standard InChI is InChI=1S/C19H24N2O3/c1-14-4-9-18(24-3)17(12-14)21-19(22)13-20-11-10-15-5-7-16(23-2)8-6-15/h4-9,12,20H,10-11,13H2,1-3H3,(H,21,22). The van der Waals surface area contributed by atoms with Gasteiger partial charge in [-0.15, -0.1) is 0 Å².